The summed E-state index contributed by atoms with van der Waals surface area (Å²) in [4.78, 5) is 12.1. The molecule has 0 aromatic carbocycles. The van der Waals surface area contributed by atoms with Crippen molar-refractivity contribution in [1.29, 1.82) is 0 Å². The van der Waals surface area contributed by atoms with E-state index in [1.165, 1.54) is 135 Å². The van der Waals surface area contributed by atoms with Gasteiger partial charge in [-0.3, -0.25) is 4.79 Å². The molecule has 0 aromatic heterocycles. The molecule has 0 saturated heterocycles. The maximum atomic E-state index is 12.1. The minimum atomic E-state index is 0.0146. The van der Waals surface area contributed by atoms with E-state index in [0.717, 1.165) is 30.6 Å². The number of allylic oxidation sites excluding steroid dienone is 2. The fourth-order valence-electron chi connectivity index (χ4n) is 5.72. The van der Waals surface area contributed by atoms with Crippen LogP contribution in [-0.2, 0) is 9.53 Å². The van der Waals surface area contributed by atoms with Crippen molar-refractivity contribution in [3.05, 3.63) is 12.2 Å². The van der Waals surface area contributed by atoms with Crippen LogP contribution >= 0.6 is 0 Å². The molecule has 0 amide bonds. The van der Waals surface area contributed by atoms with Crippen LogP contribution < -0.4 is 0 Å². The maximum Gasteiger partial charge on any atom is 0.305 e. The second-order valence-corrected chi connectivity index (χ2v) is 13.8. The molecule has 0 bridgehead atoms. The van der Waals surface area contributed by atoms with E-state index in [4.69, 9.17) is 4.74 Å². The second-order valence-electron chi connectivity index (χ2n) is 13.8. The van der Waals surface area contributed by atoms with Crippen LogP contribution in [0.5, 0.6) is 0 Å². The molecule has 0 spiro atoms. The van der Waals surface area contributed by atoms with E-state index in [0.29, 0.717) is 18.9 Å². The van der Waals surface area contributed by atoms with E-state index in [1.54, 1.807) is 0 Å². The van der Waals surface area contributed by atoms with Crippen LogP contribution in [0.3, 0.4) is 0 Å². The van der Waals surface area contributed by atoms with Gasteiger partial charge in [-0.15, -0.1) is 0 Å². The van der Waals surface area contributed by atoms with E-state index < -0.39 is 0 Å². The minimum Gasteiger partial charge on any atom is -0.466 e. The van der Waals surface area contributed by atoms with Gasteiger partial charge in [-0.2, -0.15) is 0 Å². The van der Waals surface area contributed by atoms with Crippen LogP contribution in [0.15, 0.2) is 12.2 Å². The van der Waals surface area contributed by atoms with E-state index >= 15 is 0 Å². The third kappa shape index (κ3) is 30.2. The number of carbonyl (C=O) groups excluding carboxylic acids is 1. The van der Waals surface area contributed by atoms with Crippen molar-refractivity contribution < 1.29 is 9.53 Å². The average Bonchev–Trinajstić information content (AvgIpc) is 2.90. The summed E-state index contributed by atoms with van der Waals surface area (Å²) in [6.07, 6.45) is 35.4. The number of rotatable bonds is 30. The lowest BCUT2D eigenvalue weighted by atomic mass is 9.91. The Morgan fingerprint density at radius 1 is 0.525 bits per heavy atom. The summed E-state index contributed by atoms with van der Waals surface area (Å²) in [5.41, 5.74) is 0. The van der Waals surface area contributed by atoms with Gasteiger partial charge in [0.05, 0.1) is 6.61 Å². The molecule has 0 N–H and O–H groups in total. The molecule has 0 rings (SSSR count). The topological polar surface area (TPSA) is 26.3 Å². The first-order valence-electron chi connectivity index (χ1n) is 18.2. The maximum absolute atomic E-state index is 12.1. The second kappa shape index (κ2) is 29.7. The molecular formula is C38H74O2. The summed E-state index contributed by atoms with van der Waals surface area (Å²) < 4.78 is 5.53. The van der Waals surface area contributed by atoms with Gasteiger partial charge in [0.2, 0.25) is 0 Å². The van der Waals surface area contributed by atoms with E-state index in [2.05, 4.69) is 53.7 Å². The standard InChI is InChI=1S/C38H74O2/c1-7-8-9-10-11-12-13-14-15-16-17-18-19-20-21-31-38(39)40-33-32-37(6)30-24-29-36(5)28-23-27-35(4)26-22-25-34(2)3/h12-13,34-37H,7-11,14-33H2,1-6H3/b13-12+. The van der Waals surface area contributed by atoms with Crippen LogP contribution in [0.4, 0.5) is 0 Å². The number of hydrogen-bond donors (Lipinski definition) is 0. The molecule has 0 aliphatic rings. The van der Waals surface area contributed by atoms with Gasteiger partial charge in [-0.25, -0.2) is 0 Å². The zero-order chi connectivity index (χ0) is 29.7. The highest BCUT2D eigenvalue weighted by Gasteiger charge is 2.09. The van der Waals surface area contributed by atoms with E-state index in [9.17, 15) is 4.79 Å². The van der Waals surface area contributed by atoms with Gasteiger partial charge in [-0.1, -0.05) is 163 Å². The first-order chi connectivity index (χ1) is 19.3. The van der Waals surface area contributed by atoms with Crippen molar-refractivity contribution in [2.75, 3.05) is 6.61 Å². The lowest BCUT2D eigenvalue weighted by Crippen LogP contribution is -2.09. The summed E-state index contributed by atoms with van der Waals surface area (Å²) >= 11 is 0. The van der Waals surface area contributed by atoms with Crippen LogP contribution in [0.2, 0.25) is 0 Å². The smallest absolute Gasteiger partial charge is 0.305 e. The largest absolute Gasteiger partial charge is 0.466 e. The third-order valence-corrected chi connectivity index (χ3v) is 8.78. The first kappa shape index (κ1) is 39.2. The Bertz CT molecular complexity index is 552. The molecule has 3 atom stereocenters. The number of ether oxygens (including phenoxy) is 1. The molecule has 0 aromatic rings. The Balaban J connectivity index is 3.48. The van der Waals surface area contributed by atoms with Gasteiger partial charge in [0.15, 0.2) is 0 Å². The van der Waals surface area contributed by atoms with Crippen molar-refractivity contribution >= 4 is 5.97 Å². The fourth-order valence-corrected chi connectivity index (χ4v) is 5.72. The molecule has 2 nitrogen and oxygen atoms in total. The van der Waals surface area contributed by atoms with Crippen molar-refractivity contribution in [2.24, 2.45) is 23.7 Å². The third-order valence-electron chi connectivity index (χ3n) is 8.78. The first-order valence-corrected chi connectivity index (χ1v) is 18.2. The van der Waals surface area contributed by atoms with Crippen LogP contribution in [0.1, 0.15) is 196 Å². The Morgan fingerprint density at radius 3 is 1.45 bits per heavy atom. The van der Waals surface area contributed by atoms with Crippen LogP contribution in [-0.4, -0.2) is 12.6 Å². The Hall–Kier alpha value is -0.790. The van der Waals surface area contributed by atoms with Crippen molar-refractivity contribution in [3.8, 4) is 0 Å². The van der Waals surface area contributed by atoms with Crippen molar-refractivity contribution in [2.45, 2.75) is 196 Å². The van der Waals surface area contributed by atoms with Gasteiger partial charge in [0.25, 0.3) is 0 Å². The number of hydrogen-bond acceptors (Lipinski definition) is 2. The fraction of sp³-hybridized carbons (Fsp3) is 0.921. The van der Waals surface area contributed by atoms with Gasteiger partial charge in [-0.05, 0) is 62.2 Å². The quantitative estimate of drug-likeness (QED) is 0.0494. The number of carbonyl (C=O) groups is 1. The monoisotopic (exact) mass is 563 g/mol. The molecule has 3 unspecified atom stereocenters. The molecule has 0 heterocycles. The minimum absolute atomic E-state index is 0.0146. The molecule has 238 valence electrons. The highest BCUT2D eigenvalue weighted by Crippen LogP contribution is 2.23. The summed E-state index contributed by atoms with van der Waals surface area (Å²) in [6.45, 7) is 14.7. The number of esters is 1. The number of unbranched alkanes of at least 4 members (excludes halogenated alkanes) is 11. The molecule has 40 heavy (non-hydrogen) atoms. The zero-order valence-electron chi connectivity index (χ0n) is 28.5. The molecule has 2 heteroatoms. The molecule has 0 aliphatic heterocycles. The van der Waals surface area contributed by atoms with Crippen molar-refractivity contribution in [3.63, 3.8) is 0 Å². The predicted molar refractivity (Wildman–Crippen MR) is 179 cm³/mol. The lowest BCUT2D eigenvalue weighted by molar-refractivity contribution is -0.144. The SMILES string of the molecule is CCCCCC/C=C/CCCCCCCCCC(=O)OCCC(C)CCCC(C)CCCC(C)CCCC(C)C. The van der Waals surface area contributed by atoms with Gasteiger partial charge in [0, 0.05) is 6.42 Å². The van der Waals surface area contributed by atoms with Crippen LogP contribution in [0.25, 0.3) is 0 Å². The molecule has 0 saturated carbocycles. The summed E-state index contributed by atoms with van der Waals surface area (Å²) in [5.74, 6) is 3.26. The van der Waals surface area contributed by atoms with Crippen LogP contribution in [0, 0.1) is 23.7 Å². The predicted octanol–water partition coefficient (Wildman–Crippen LogP) is 13.0. The normalized spacial score (nSPS) is 14.2. The van der Waals surface area contributed by atoms with Gasteiger partial charge in [0.1, 0.15) is 0 Å². The Morgan fingerprint density at radius 2 is 0.950 bits per heavy atom. The molecular weight excluding hydrogens is 488 g/mol. The molecule has 0 aliphatic carbocycles. The Labute approximate surface area is 253 Å². The summed E-state index contributed by atoms with van der Waals surface area (Å²) in [6, 6.07) is 0. The van der Waals surface area contributed by atoms with E-state index in [1.807, 2.05) is 0 Å². The van der Waals surface area contributed by atoms with Gasteiger partial charge < -0.3 is 4.74 Å². The zero-order valence-corrected chi connectivity index (χ0v) is 28.5. The Kier molecular flexibility index (Phi) is 29.1. The highest BCUT2D eigenvalue weighted by atomic mass is 16.5. The summed E-state index contributed by atoms with van der Waals surface area (Å²) in [5, 5.41) is 0. The lowest BCUT2D eigenvalue weighted by Gasteiger charge is -2.16. The van der Waals surface area contributed by atoms with Gasteiger partial charge >= 0.3 is 5.97 Å². The highest BCUT2D eigenvalue weighted by molar-refractivity contribution is 5.69. The van der Waals surface area contributed by atoms with E-state index in [-0.39, 0.29) is 5.97 Å². The van der Waals surface area contributed by atoms with Crippen molar-refractivity contribution in [1.82, 2.24) is 0 Å². The molecule has 0 radical (unpaired) electrons. The molecule has 0 fully saturated rings. The average molecular weight is 563 g/mol. The summed E-state index contributed by atoms with van der Waals surface area (Å²) in [7, 11) is 0.